The molecule has 0 amide bonds. The first-order valence-corrected chi connectivity index (χ1v) is 8.38. The van der Waals surface area contributed by atoms with Crippen molar-refractivity contribution < 1.29 is 18.0 Å². The molecule has 1 heterocycles. The van der Waals surface area contributed by atoms with E-state index >= 15 is 0 Å². The summed E-state index contributed by atoms with van der Waals surface area (Å²) in [6.07, 6.45) is -5.32. The van der Waals surface area contributed by atoms with Gasteiger partial charge >= 0.3 is 6.18 Å². The highest BCUT2D eigenvalue weighted by Crippen LogP contribution is 2.50. The van der Waals surface area contributed by atoms with Gasteiger partial charge in [-0.05, 0) is 24.3 Å². The number of oxime groups is 1. The van der Waals surface area contributed by atoms with E-state index in [9.17, 15) is 13.2 Å². The highest BCUT2D eigenvalue weighted by Gasteiger charge is 2.62. The van der Waals surface area contributed by atoms with Gasteiger partial charge in [0.25, 0.3) is 5.60 Å². The minimum absolute atomic E-state index is 0.0293. The summed E-state index contributed by atoms with van der Waals surface area (Å²) in [5.74, 6) is 0. The lowest BCUT2D eigenvalue weighted by atomic mass is 9.86. The second-order valence-electron chi connectivity index (χ2n) is 5.40. The van der Waals surface area contributed by atoms with Crippen LogP contribution in [-0.4, -0.2) is 11.9 Å². The van der Waals surface area contributed by atoms with Gasteiger partial charge in [0.2, 0.25) is 0 Å². The van der Waals surface area contributed by atoms with Crippen LogP contribution in [0.3, 0.4) is 0 Å². The Balaban J connectivity index is 2.07. The van der Waals surface area contributed by atoms with E-state index in [-0.39, 0.29) is 26.3 Å². The second kappa shape index (κ2) is 6.54. The van der Waals surface area contributed by atoms with E-state index in [1.54, 1.807) is 18.2 Å². The molecule has 0 saturated heterocycles. The summed E-state index contributed by atoms with van der Waals surface area (Å²) >= 11 is 23.5. The average molecular weight is 429 g/mol. The molecule has 0 radical (unpaired) electrons. The van der Waals surface area contributed by atoms with E-state index in [0.29, 0.717) is 10.6 Å². The summed E-state index contributed by atoms with van der Waals surface area (Å²) in [5.41, 5.74) is -2.44. The van der Waals surface area contributed by atoms with Gasteiger partial charge in [-0.3, -0.25) is 0 Å². The fraction of sp³-hybridized carbons (Fsp3) is 0.188. The maximum Gasteiger partial charge on any atom is 0.435 e. The molecule has 0 aromatic heterocycles. The quantitative estimate of drug-likeness (QED) is 0.477. The number of rotatable bonds is 2. The molecule has 0 spiro atoms. The van der Waals surface area contributed by atoms with Crippen LogP contribution < -0.4 is 0 Å². The largest absolute Gasteiger partial charge is 0.435 e. The molecule has 0 saturated carbocycles. The molecule has 132 valence electrons. The first-order valence-electron chi connectivity index (χ1n) is 6.87. The summed E-state index contributed by atoms with van der Waals surface area (Å²) < 4.78 is 41.7. The minimum Gasteiger partial charge on any atom is -0.374 e. The van der Waals surface area contributed by atoms with Gasteiger partial charge in [-0.25, -0.2) is 0 Å². The Hall–Kier alpha value is -1.14. The standard InChI is InChI=1S/C16H8Cl4F3NO/c17-10-3-1-2-8(4-10)13-7-15(25-24-13,16(21,22)23)9-5-11(18)14(20)12(19)6-9/h1-6H,7H2. The van der Waals surface area contributed by atoms with Crippen molar-refractivity contribution in [2.45, 2.75) is 18.2 Å². The van der Waals surface area contributed by atoms with Crippen LogP contribution >= 0.6 is 46.4 Å². The Morgan fingerprint density at radius 1 is 1.00 bits per heavy atom. The predicted octanol–water partition coefficient (Wildman–Crippen LogP) is 6.88. The summed E-state index contributed by atoms with van der Waals surface area (Å²) in [6, 6.07) is 8.50. The number of benzene rings is 2. The van der Waals surface area contributed by atoms with E-state index in [2.05, 4.69) is 5.16 Å². The third-order valence-electron chi connectivity index (χ3n) is 3.79. The van der Waals surface area contributed by atoms with Crippen LogP contribution in [0.15, 0.2) is 41.6 Å². The molecule has 0 bridgehead atoms. The fourth-order valence-corrected chi connectivity index (χ4v) is 3.30. The molecule has 1 atom stereocenters. The Morgan fingerprint density at radius 3 is 2.20 bits per heavy atom. The highest BCUT2D eigenvalue weighted by atomic mass is 35.5. The average Bonchev–Trinajstić information content (AvgIpc) is 2.98. The van der Waals surface area contributed by atoms with Crippen molar-refractivity contribution in [2.24, 2.45) is 5.16 Å². The lowest BCUT2D eigenvalue weighted by Crippen LogP contribution is -2.42. The van der Waals surface area contributed by atoms with Gasteiger partial charge in [0.05, 0.1) is 20.8 Å². The van der Waals surface area contributed by atoms with Crippen LogP contribution in [0.2, 0.25) is 20.1 Å². The van der Waals surface area contributed by atoms with E-state index in [1.165, 1.54) is 6.07 Å². The Labute approximate surface area is 161 Å². The topological polar surface area (TPSA) is 21.6 Å². The van der Waals surface area contributed by atoms with E-state index in [4.69, 9.17) is 51.2 Å². The van der Waals surface area contributed by atoms with Crippen LogP contribution in [0.5, 0.6) is 0 Å². The summed E-state index contributed by atoms with van der Waals surface area (Å²) in [6.45, 7) is 0. The molecular weight excluding hydrogens is 421 g/mol. The molecule has 0 fully saturated rings. The smallest absolute Gasteiger partial charge is 0.374 e. The highest BCUT2D eigenvalue weighted by molar-refractivity contribution is 6.48. The lowest BCUT2D eigenvalue weighted by Gasteiger charge is -2.29. The summed E-state index contributed by atoms with van der Waals surface area (Å²) in [4.78, 5) is 4.91. The van der Waals surface area contributed by atoms with Crippen LogP contribution in [0.25, 0.3) is 0 Å². The van der Waals surface area contributed by atoms with Crippen molar-refractivity contribution in [1.82, 2.24) is 0 Å². The molecule has 0 aliphatic carbocycles. The number of nitrogens with zero attached hydrogens (tertiary/aromatic N) is 1. The summed E-state index contributed by atoms with van der Waals surface area (Å²) in [5, 5.41) is 3.78. The summed E-state index contributed by atoms with van der Waals surface area (Å²) in [7, 11) is 0. The normalized spacial score (nSPS) is 20.4. The first kappa shape index (κ1) is 18.6. The number of halogens is 7. The maximum atomic E-state index is 13.9. The molecule has 1 aliphatic rings. The minimum atomic E-state index is -4.77. The Morgan fingerprint density at radius 2 is 1.64 bits per heavy atom. The van der Waals surface area contributed by atoms with Crippen molar-refractivity contribution >= 4 is 52.1 Å². The van der Waals surface area contributed by atoms with Gasteiger partial charge in [-0.15, -0.1) is 0 Å². The zero-order valence-electron chi connectivity index (χ0n) is 12.2. The third-order valence-corrected chi connectivity index (χ3v) is 5.23. The molecule has 3 rings (SSSR count). The second-order valence-corrected chi connectivity index (χ2v) is 7.02. The number of alkyl halides is 3. The van der Waals surface area contributed by atoms with Crippen LogP contribution in [0.1, 0.15) is 17.5 Å². The Kier molecular flexibility index (Phi) is 4.88. The zero-order valence-corrected chi connectivity index (χ0v) is 15.2. The lowest BCUT2D eigenvalue weighted by molar-refractivity contribution is -0.275. The van der Waals surface area contributed by atoms with Gasteiger partial charge in [0.1, 0.15) is 0 Å². The van der Waals surface area contributed by atoms with E-state index in [1.807, 2.05) is 0 Å². The van der Waals surface area contributed by atoms with Crippen LogP contribution in [-0.2, 0) is 10.4 Å². The van der Waals surface area contributed by atoms with Crippen LogP contribution in [0, 0.1) is 0 Å². The monoisotopic (exact) mass is 427 g/mol. The zero-order chi connectivity index (χ0) is 18.4. The van der Waals surface area contributed by atoms with Gasteiger partial charge in [0, 0.05) is 22.6 Å². The van der Waals surface area contributed by atoms with Crippen molar-refractivity contribution in [3.8, 4) is 0 Å². The van der Waals surface area contributed by atoms with Gasteiger partial charge in [-0.1, -0.05) is 63.7 Å². The van der Waals surface area contributed by atoms with Crippen molar-refractivity contribution in [1.29, 1.82) is 0 Å². The third kappa shape index (κ3) is 3.31. The van der Waals surface area contributed by atoms with Gasteiger partial charge in [0.15, 0.2) is 0 Å². The predicted molar refractivity (Wildman–Crippen MR) is 92.9 cm³/mol. The molecule has 2 aromatic rings. The van der Waals surface area contributed by atoms with Gasteiger partial charge in [-0.2, -0.15) is 13.2 Å². The molecular formula is C16H8Cl4F3NO. The molecule has 0 N–H and O–H groups in total. The number of hydrogen-bond acceptors (Lipinski definition) is 2. The molecule has 9 heteroatoms. The Bertz CT molecular complexity index is 846. The molecule has 1 unspecified atom stereocenters. The SMILES string of the molecule is FC(F)(F)C1(c2cc(Cl)c(Cl)c(Cl)c2)CC(c2cccc(Cl)c2)=NO1. The molecule has 2 aromatic carbocycles. The van der Waals surface area contributed by atoms with E-state index < -0.39 is 18.2 Å². The molecule has 2 nitrogen and oxygen atoms in total. The van der Waals surface area contributed by atoms with E-state index in [0.717, 1.165) is 12.1 Å². The first-order chi connectivity index (χ1) is 11.6. The van der Waals surface area contributed by atoms with Crippen molar-refractivity contribution in [3.63, 3.8) is 0 Å². The van der Waals surface area contributed by atoms with Crippen LogP contribution in [0.4, 0.5) is 13.2 Å². The maximum absolute atomic E-state index is 13.9. The van der Waals surface area contributed by atoms with Crippen molar-refractivity contribution in [3.05, 3.63) is 67.6 Å². The van der Waals surface area contributed by atoms with Gasteiger partial charge < -0.3 is 4.84 Å². The molecule has 25 heavy (non-hydrogen) atoms. The number of hydrogen-bond donors (Lipinski definition) is 0. The fourth-order valence-electron chi connectivity index (χ4n) is 2.52. The van der Waals surface area contributed by atoms with Crippen molar-refractivity contribution in [2.75, 3.05) is 0 Å². The molecule has 1 aliphatic heterocycles.